The third kappa shape index (κ3) is 1.70. The lowest BCUT2D eigenvalue weighted by Crippen LogP contribution is -1.96. The van der Waals surface area contributed by atoms with Crippen molar-refractivity contribution < 1.29 is 4.92 Å². The Hall–Kier alpha value is -1.17. The number of hydrogen-bond acceptors (Lipinski definition) is 3. The standard InChI is InChI=1S/C6H6BrN3O2/c1-2-3-9-4-5(7)6(8-9)10(11)12/h2,4H,1,3H2. The van der Waals surface area contributed by atoms with Crippen molar-refractivity contribution in [2.75, 3.05) is 0 Å². The maximum absolute atomic E-state index is 10.3. The number of allylic oxidation sites excluding steroid dienone is 1. The van der Waals surface area contributed by atoms with Gasteiger partial charge in [0, 0.05) is 0 Å². The minimum absolute atomic E-state index is 0.170. The summed E-state index contributed by atoms with van der Waals surface area (Å²) in [5, 5.41) is 14.0. The normalized spacial score (nSPS) is 9.75. The molecule has 64 valence electrons. The van der Waals surface area contributed by atoms with Gasteiger partial charge in [-0.25, -0.2) is 0 Å². The molecule has 0 aliphatic heterocycles. The molecule has 1 aromatic heterocycles. The summed E-state index contributed by atoms with van der Waals surface area (Å²) in [5.74, 6) is -0.170. The van der Waals surface area contributed by atoms with E-state index in [1.165, 1.54) is 4.68 Å². The van der Waals surface area contributed by atoms with E-state index in [0.717, 1.165) is 0 Å². The van der Waals surface area contributed by atoms with E-state index in [-0.39, 0.29) is 5.82 Å². The van der Waals surface area contributed by atoms with Crippen LogP contribution >= 0.6 is 15.9 Å². The molecule has 1 aromatic rings. The summed E-state index contributed by atoms with van der Waals surface area (Å²) in [6, 6.07) is 0. The minimum Gasteiger partial charge on any atom is -0.358 e. The largest absolute Gasteiger partial charge is 0.404 e. The van der Waals surface area contributed by atoms with Gasteiger partial charge in [-0.1, -0.05) is 6.08 Å². The highest BCUT2D eigenvalue weighted by atomic mass is 79.9. The van der Waals surface area contributed by atoms with E-state index in [1.54, 1.807) is 12.3 Å². The summed E-state index contributed by atoms with van der Waals surface area (Å²) in [5.41, 5.74) is 0. The molecule has 1 heterocycles. The summed E-state index contributed by atoms with van der Waals surface area (Å²) in [6.07, 6.45) is 3.16. The number of aromatic nitrogens is 2. The smallest absolute Gasteiger partial charge is 0.358 e. The third-order valence-electron chi connectivity index (χ3n) is 1.19. The Bertz CT molecular complexity index is 321. The van der Waals surface area contributed by atoms with E-state index in [1.807, 2.05) is 0 Å². The van der Waals surface area contributed by atoms with E-state index < -0.39 is 4.92 Å². The van der Waals surface area contributed by atoms with Gasteiger partial charge >= 0.3 is 5.82 Å². The number of nitrogens with zero attached hydrogens (tertiary/aromatic N) is 3. The van der Waals surface area contributed by atoms with Gasteiger partial charge in [0.25, 0.3) is 0 Å². The lowest BCUT2D eigenvalue weighted by atomic mass is 10.6. The van der Waals surface area contributed by atoms with E-state index in [9.17, 15) is 10.1 Å². The zero-order valence-corrected chi connectivity index (χ0v) is 7.69. The Labute approximate surface area is 77.0 Å². The number of rotatable bonds is 3. The van der Waals surface area contributed by atoms with Crippen LogP contribution < -0.4 is 0 Å². The van der Waals surface area contributed by atoms with Gasteiger partial charge in [-0.05, 0) is 20.9 Å². The Kier molecular flexibility index (Phi) is 2.59. The molecule has 0 atom stereocenters. The van der Waals surface area contributed by atoms with Crippen molar-refractivity contribution in [1.82, 2.24) is 9.78 Å². The van der Waals surface area contributed by atoms with Gasteiger partial charge in [0.05, 0.1) is 17.8 Å². The number of nitro groups is 1. The number of hydrogen-bond donors (Lipinski definition) is 0. The van der Waals surface area contributed by atoms with E-state index in [0.29, 0.717) is 11.0 Å². The lowest BCUT2D eigenvalue weighted by molar-refractivity contribution is -0.390. The van der Waals surface area contributed by atoms with Crippen LogP contribution in [0.5, 0.6) is 0 Å². The summed E-state index contributed by atoms with van der Waals surface area (Å²) in [7, 11) is 0. The molecule has 1 rings (SSSR count). The maximum Gasteiger partial charge on any atom is 0.404 e. The van der Waals surface area contributed by atoms with Gasteiger partial charge in [0.15, 0.2) is 0 Å². The van der Waals surface area contributed by atoms with Crippen LogP contribution in [0.15, 0.2) is 23.3 Å². The molecule has 0 amide bonds. The molecule has 12 heavy (non-hydrogen) atoms. The fourth-order valence-corrected chi connectivity index (χ4v) is 1.20. The molecule has 0 saturated carbocycles. The zero-order valence-electron chi connectivity index (χ0n) is 6.11. The Morgan fingerprint density at radius 3 is 3.00 bits per heavy atom. The van der Waals surface area contributed by atoms with Crippen LogP contribution in [0.2, 0.25) is 0 Å². The van der Waals surface area contributed by atoms with Crippen LogP contribution in [-0.2, 0) is 6.54 Å². The second-order valence-corrected chi connectivity index (χ2v) is 2.92. The quantitative estimate of drug-likeness (QED) is 0.453. The summed E-state index contributed by atoms with van der Waals surface area (Å²) < 4.78 is 1.82. The van der Waals surface area contributed by atoms with Gasteiger partial charge in [-0.15, -0.1) is 6.58 Å². The van der Waals surface area contributed by atoms with Crippen LogP contribution in [0, 0.1) is 10.1 Å². The topological polar surface area (TPSA) is 61.0 Å². The molecular weight excluding hydrogens is 226 g/mol. The van der Waals surface area contributed by atoms with Crippen LogP contribution in [-0.4, -0.2) is 14.7 Å². The monoisotopic (exact) mass is 231 g/mol. The molecule has 6 heteroatoms. The van der Waals surface area contributed by atoms with Crippen LogP contribution in [0.25, 0.3) is 0 Å². The van der Waals surface area contributed by atoms with Gasteiger partial charge in [-0.2, -0.15) is 4.68 Å². The highest BCUT2D eigenvalue weighted by molar-refractivity contribution is 9.10. The molecule has 0 aromatic carbocycles. The molecule has 0 N–H and O–H groups in total. The van der Waals surface area contributed by atoms with Crippen molar-refractivity contribution in [1.29, 1.82) is 0 Å². The summed E-state index contributed by atoms with van der Waals surface area (Å²) in [6.45, 7) is 3.96. The van der Waals surface area contributed by atoms with Crippen molar-refractivity contribution >= 4 is 21.7 Å². The highest BCUT2D eigenvalue weighted by Crippen LogP contribution is 2.21. The second-order valence-electron chi connectivity index (χ2n) is 2.07. The molecule has 0 radical (unpaired) electrons. The maximum atomic E-state index is 10.3. The Morgan fingerprint density at radius 2 is 2.58 bits per heavy atom. The van der Waals surface area contributed by atoms with Crippen molar-refractivity contribution in [2.45, 2.75) is 6.54 Å². The predicted molar refractivity (Wildman–Crippen MR) is 46.8 cm³/mol. The Morgan fingerprint density at radius 1 is 1.92 bits per heavy atom. The van der Waals surface area contributed by atoms with E-state index >= 15 is 0 Å². The van der Waals surface area contributed by atoms with Crippen LogP contribution in [0.3, 0.4) is 0 Å². The van der Waals surface area contributed by atoms with Crippen molar-refractivity contribution in [3.8, 4) is 0 Å². The minimum atomic E-state index is -0.538. The molecule has 0 spiro atoms. The first kappa shape index (κ1) is 8.92. The molecule has 0 fully saturated rings. The molecular formula is C6H6BrN3O2. The second kappa shape index (κ2) is 3.48. The predicted octanol–water partition coefficient (Wildman–Crippen LogP) is 1.74. The van der Waals surface area contributed by atoms with Crippen LogP contribution in [0.4, 0.5) is 5.82 Å². The average Bonchev–Trinajstić information content (AvgIpc) is 2.32. The number of halogens is 1. The van der Waals surface area contributed by atoms with E-state index in [4.69, 9.17) is 0 Å². The van der Waals surface area contributed by atoms with Crippen molar-refractivity contribution in [2.24, 2.45) is 0 Å². The average molecular weight is 232 g/mol. The molecule has 0 aliphatic carbocycles. The molecule has 0 unspecified atom stereocenters. The first-order chi connectivity index (χ1) is 5.65. The lowest BCUT2D eigenvalue weighted by Gasteiger charge is -1.85. The summed E-state index contributed by atoms with van der Waals surface area (Å²) >= 11 is 3.03. The fourth-order valence-electron chi connectivity index (χ4n) is 0.736. The molecule has 5 nitrogen and oxygen atoms in total. The highest BCUT2D eigenvalue weighted by Gasteiger charge is 2.17. The van der Waals surface area contributed by atoms with Gasteiger partial charge in [0.2, 0.25) is 0 Å². The molecule has 0 aliphatic rings. The fraction of sp³-hybridized carbons (Fsp3) is 0.167. The first-order valence-corrected chi connectivity index (χ1v) is 3.92. The zero-order chi connectivity index (χ0) is 9.14. The van der Waals surface area contributed by atoms with Gasteiger partial charge < -0.3 is 10.1 Å². The third-order valence-corrected chi connectivity index (χ3v) is 1.75. The van der Waals surface area contributed by atoms with Gasteiger partial charge in [0.1, 0.15) is 4.47 Å². The van der Waals surface area contributed by atoms with Crippen molar-refractivity contribution in [3.05, 3.63) is 33.4 Å². The first-order valence-electron chi connectivity index (χ1n) is 3.13. The van der Waals surface area contributed by atoms with Gasteiger partial charge in [-0.3, -0.25) is 0 Å². The van der Waals surface area contributed by atoms with E-state index in [2.05, 4.69) is 27.6 Å². The van der Waals surface area contributed by atoms with Crippen LogP contribution in [0.1, 0.15) is 0 Å². The Balaban J connectivity index is 2.99. The van der Waals surface area contributed by atoms with Crippen molar-refractivity contribution in [3.63, 3.8) is 0 Å². The summed E-state index contributed by atoms with van der Waals surface area (Å²) in [4.78, 5) is 9.78. The SMILES string of the molecule is C=CCn1cc(Br)c([N+](=O)[O-])n1. The molecule has 0 bridgehead atoms. The molecule has 0 saturated heterocycles.